The predicted molar refractivity (Wildman–Crippen MR) is 133 cm³/mol. The van der Waals surface area contributed by atoms with Crippen LogP contribution in [0.1, 0.15) is 33.4 Å². The number of rotatable bonds is 2. The summed E-state index contributed by atoms with van der Waals surface area (Å²) in [7, 11) is 0.765. The number of hydrogen-bond donors (Lipinski definition) is 0. The molecule has 4 radical (unpaired) electrons. The van der Waals surface area contributed by atoms with Gasteiger partial charge in [0.15, 0.2) is 0 Å². The van der Waals surface area contributed by atoms with Crippen molar-refractivity contribution in [3.63, 3.8) is 0 Å². The third-order valence-electron chi connectivity index (χ3n) is 3.60. The monoisotopic (exact) mass is 596 g/mol. The quantitative estimate of drug-likeness (QED) is 0.379. The second-order valence-corrected chi connectivity index (χ2v) is 27.0. The van der Waals surface area contributed by atoms with Crippen molar-refractivity contribution in [1.82, 2.24) is 0 Å². The van der Waals surface area contributed by atoms with Crippen LogP contribution in [0.15, 0.2) is 24.3 Å². The van der Waals surface area contributed by atoms with Crippen LogP contribution < -0.4 is 10.4 Å². The third kappa shape index (κ3) is 11.8. The van der Waals surface area contributed by atoms with Crippen LogP contribution in [0.25, 0.3) is 0 Å². The van der Waals surface area contributed by atoms with Gasteiger partial charge in [0, 0.05) is 0 Å². The first-order valence-electron chi connectivity index (χ1n) is 9.81. The summed E-state index contributed by atoms with van der Waals surface area (Å²) in [5.41, 5.74) is 8.43. The summed E-state index contributed by atoms with van der Waals surface area (Å²) in [4.78, 5) is 14.2. The molecule has 0 heterocycles. The van der Waals surface area contributed by atoms with Gasteiger partial charge in [0.1, 0.15) is 9.52 Å². The molecule has 0 amide bonds. The Labute approximate surface area is 186 Å². The molecule has 0 aliphatic heterocycles. The molecule has 0 fully saturated rings. The van der Waals surface area contributed by atoms with E-state index in [1.165, 1.54) is 43.8 Å². The number of benzene rings is 2. The summed E-state index contributed by atoms with van der Waals surface area (Å²) in [6.45, 7) is 13.3. The molecule has 0 N–H and O–H groups in total. The predicted octanol–water partition coefficient (Wildman–Crippen LogP) is 5.93. The Bertz CT molecular complexity index is 605. The molecular weight excluding hydrogens is 554 g/mol. The molecule has 0 aromatic heterocycles. The Morgan fingerprint density at radius 2 is 0.667 bits per heavy atom. The Hall–Kier alpha value is 0.254. The maximum absolute atomic E-state index is 2.36. The van der Waals surface area contributed by atoms with E-state index in [-0.39, 0.29) is 0 Å². The van der Waals surface area contributed by atoms with Crippen LogP contribution in [0.4, 0.5) is 0 Å². The van der Waals surface area contributed by atoms with Crippen molar-refractivity contribution < 1.29 is 0 Å². The van der Waals surface area contributed by atoms with Crippen molar-refractivity contribution in [3.8, 4) is 0 Å². The number of aryl methyl sites for hydroxylation is 6. The first-order valence-corrected chi connectivity index (χ1v) is 27.9. The zero-order valence-electron chi connectivity index (χ0n) is 19.8. The SMILES string of the molecule is Cc1cc(C)c([Si]c2c(C)cc(C)cc2C)c(C)c1.[CH3][Sn]([CH3])[CH3].[CH3][Sn]([CH3])[CH3]. The van der Waals surface area contributed by atoms with Gasteiger partial charge in [0.25, 0.3) is 0 Å². The van der Waals surface area contributed by atoms with Gasteiger partial charge in [-0.15, -0.1) is 0 Å². The molecule has 2 aromatic rings. The van der Waals surface area contributed by atoms with E-state index in [9.17, 15) is 0 Å². The molecule has 0 atom stereocenters. The maximum atomic E-state index is 2.36. The van der Waals surface area contributed by atoms with Gasteiger partial charge in [-0.3, -0.25) is 0 Å². The van der Waals surface area contributed by atoms with E-state index in [4.69, 9.17) is 0 Å². The molecule has 0 spiro atoms. The molecule has 0 saturated carbocycles. The summed E-state index contributed by atoms with van der Waals surface area (Å²) in [6.07, 6.45) is 0. The molecule has 0 aliphatic rings. The van der Waals surface area contributed by atoms with Gasteiger partial charge in [0.05, 0.1) is 0 Å². The van der Waals surface area contributed by atoms with E-state index in [0.717, 1.165) is 9.52 Å². The molecule has 0 unspecified atom stereocenters. The summed E-state index contributed by atoms with van der Waals surface area (Å²) in [5.74, 6) is 0. The Balaban J connectivity index is 0.000000718. The van der Waals surface area contributed by atoms with Crippen molar-refractivity contribution in [2.45, 2.75) is 71.2 Å². The van der Waals surface area contributed by atoms with Gasteiger partial charge in [0.2, 0.25) is 0 Å². The standard InChI is InChI=1S/C18H22Si.6CH3.2Sn/c1-11-7-13(3)17(14(4)8-11)19-18-15(5)9-12(2)10-16(18)6;;;;;;;;/h7-10H,1-6H3;6*1H3;;. The molecular formula is C24H40SiSn2. The van der Waals surface area contributed by atoms with E-state index in [1.54, 1.807) is 0 Å². The fraction of sp³-hybridized carbons (Fsp3) is 0.500. The molecule has 148 valence electrons. The van der Waals surface area contributed by atoms with Crippen LogP contribution in [-0.2, 0) is 0 Å². The molecule has 2 aromatic carbocycles. The van der Waals surface area contributed by atoms with E-state index in [2.05, 4.69) is 95.4 Å². The van der Waals surface area contributed by atoms with Crippen molar-refractivity contribution in [2.75, 3.05) is 0 Å². The normalized spacial score (nSPS) is 10.3. The van der Waals surface area contributed by atoms with Gasteiger partial charge < -0.3 is 0 Å². The third-order valence-corrected chi connectivity index (χ3v) is 5.68. The average molecular weight is 594 g/mol. The van der Waals surface area contributed by atoms with Gasteiger partial charge in [-0.2, -0.15) is 0 Å². The fourth-order valence-electron chi connectivity index (χ4n) is 2.88. The zero-order valence-corrected chi connectivity index (χ0v) is 26.5. The van der Waals surface area contributed by atoms with Gasteiger partial charge in [-0.05, 0) is 41.5 Å². The van der Waals surface area contributed by atoms with Crippen molar-refractivity contribution in [3.05, 3.63) is 57.6 Å². The van der Waals surface area contributed by atoms with Crippen LogP contribution in [0.3, 0.4) is 0 Å². The van der Waals surface area contributed by atoms with Crippen LogP contribution in [0, 0.1) is 41.5 Å². The Kier molecular flexibility index (Phi) is 13.6. The second kappa shape index (κ2) is 13.5. The number of hydrogen-bond acceptors (Lipinski definition) is 0. The minimum atomic E-state index is -0.543. The van der Waals surface area contributed by atoms with Crippen molar-refractivity contribution >= 4 is 59.4 Å². The molecule has 0 nitrogen and oxygen atoms in total. The molecule has 0 bridgehead atoms. The molecule has 2 rings (SSSR count). The van der Waals surface area contributed by atoms with Crippen LogP contribution in [-0.4, -0.2) is 49.0 Å². The van der Waals surface area contributed by atoms with E-state index in [0.29, 0.717) is 0 Å². The topological polar surface area (TPSA) is 0 Å². The van der Waals surface area contributed by atoms with Crippen molar-refractivity contribution in [2.24, 2.45) is 0 Å². The van der Waals surface area contributed by atoms with Gasteiger partial charge in [-0.25, -0.2) is 0 Å². The van der Waals surface area contributed by atoms with Crippen LogP contribution in [0.5, 0.6) is 0 Å². The minimum absolute atomic E-state index is 0.543. The summed E-state index contributed by atoms with van der Waals surface area (Å²) in [6, 6.07) is 9.20. The van der Waals surface area contributed by atoms with Crippen LogP contribution >= 0.6 is 0 Å². The molecule has 3 heteroatoms. The first kappa shape index (κ1) is 27.3. The molecule has 27 heavy (non-hydrogen) atoms. The van der Waals surface area contributed by atoms with Gasteiger partial charge in [-0.1, -0.05) is 68.0 Å². The zero-order chi connectivity index (χ0) is 21.3. The summed E-state index contributed by atoms with van der Waals surface area (Å²) < 4.78 is 0. The molecule has 0 saturated heterocycles. The molecule has 0 aliphatic carbocycles. The summed E-state index contributed by atoms with van der Waals surface area (Å²) in [5, 5.41) is 3.03. The Morgan fingerprint density at radius 3 is 0.852 bits per heavy atom. The average Bonchev–Trinajstić information content (AvgIpc) is 2.43. The van der Waals surface area contributed by atoms with E-state index >= 15 is 0 Å². The Morgan fingerprint density at radius 1 is 0.481 bits per heavy atom. The van der Waals surface area contributed by atoms with Crippen molar-refractivity contribution in [1.29, 1.82) is 0 Å². The van der Waals surface area contributed by atoms with Gasteiger partial charge >= 0.3 is 69.2 Å². The fourth-order valence-corrected chi connectivity index (χ4v) is 4.21. The second-order valence-electron chi connectivity index (χ2n) is 8.67. The summed E-state index contributed by atoms with van der Waals surface area (Å²) >= 11 is -1.09. The van der Waals surface area contributed by atoms with Crippen LogP contribution in [0.2, 0.25) is 29.6 Å². The first-order chi connectivity index (χ1) is 12.3. The van der Waals surface area contributed by atoms with E-state index < -0.39 is 39.5 Å². The van der Waals surface area contributed by atoms with E-state index in [1.807, 2.05) is 0 Å².